The van der Waals surface area contributed by atoms with E-state index >= 15 is 0 Å². The number of benzene rings is 1. The van der Waals surface area contributed by atoms with Crippen molar-refractivity contribution < 1.29 is 9.90 Å². The van der Waals surface area contributed by atoms with Crippen molar-refractivity contribution in [2.24, 2.45) is 5.92 Å². The second-order valence-electron chi connectivity index (χ2n) is 8.56. The number of fused-ring (bicyclic) bond motifs is 1. The molecule has 4 nitrogen and oxygen atoms in total. The van der Waals surface area contributed by atoms with E-state index in [1.807, 2.05) is 7.05 Å². The van der Waals surface area contributed by atoms with E-state index in [0.717, 1.165) is 29.7 Å². The molecule has 0 unspecified atom stereocenters. The van der Waals surface area contributed by atoms with Crippen LogP contribution in [0.15, 0.2) is 18.2 Å². The summed E-state index contributed by atoms with van der Waals surface area (Å²) in [5, 5.41) is 12.7. The third kappa shape index (κ3) is 6.78. The van der Waals surface area contributed by atoms with Crippen molar-refractivity contribution in [3.63, 3.8) is 0 Å². The van der Waals surface area contributed by atoms with Crippen molar-refractivity contribution in [2.45, 2.75) is 84.2 Å². The first-order chi connectivity index (χ1) is 14.0. The van der Waals surface area contributed by atoms with Crippen LogP contribution < -0.4 is 10.2 Å². The molecule has 160 valence electrons. The van der Waals surface area contributed by atoms with Gasteiger partial charge in [-0.15, -0.1) is 0 Å². The number of hydrogen-bond acceptors (Lipinski definition) is 3. The Morgan fingerprint density at radius 3 is 2.62 bits per heavy atom. The number of carbonyl (C=O) groups is 1. The summed E-state index contributed by atoms with van der Waals surface area (Å²) in [7, 11) is 1.98. The number of carbonyl (C=O) groups excluding carboxylic acids is 1. The fourth-order valence-electron chi connectivity index (χ4n) is 4.09. The lowest BCUT2D eigenvalue weighted by molar-refractivity contribution is -0.124. The van der Waals surface area contributed by atoms with E-state index in [-0.39, 0.29) is 30.5 Å². The minimum atomic E-state index is -0.269. The molecule has 1 aromatic carbocycles. The second-order valence-corrected chi connectivity index (χ2v) is 8.56. The molecule has 2 atom stereocenters. The first-order valence-electron chi connectivity index (χ1n) is 11.2. The number of anilines is 1. The normalized spacial score (nSPS) is 19.1. The zero-order valence-corrected chi connectivity index (χ0v) is 18.6. The minimum Gasteiger partial charge on any atom is -0.394 e. The third-order valence-electron chi connectivity index (χ3n) is 5.70. The standard InChI is InChI=1S/C25H38N2O2/c1-5-6-7-8-9-10-11-12-13-20-14-15-21-17-22(18-28)26-25(29)24(19(2)3)27(4)23(21)16-20/h14-16,19,22,24,28H,5-11,17-18H2,1-4H3,(H,26,29)/t22-,24-/m0/s1. The molecule has 1 aromatic rings. The quantitative estimate of drug-likeness (QED) is 0.507. The Bertz CT molecular complexity index is 717. The summed E-state index contributed by atoms with van der Waals surface area (Å²) in [6.07, 6.45) is 9.24. The number of hydrogen-bond donors (Lipinski definition) is 2. The molecule has 0 spiro atoms. The highest BCUT2D eigenvalue weighted by molar-refractivity contribution is 5.86. The van der Waals surface area contributed by atoms with Gasteiger partial charge in [-0.05, 0) is 36.5 Å². The van der Waals surface area contributed by atoms with Crippen LogP contribution in [0.3, 0.4) is 0 Å². The number of nitrogens with one attached hydrogen (secondary N) is 1. The lowest BCUT2D eigenvalue weighted by Crippen LogP contribution is -2.54. The smallest absolute Gasteiger partial charge is 0.243 e. The van der Waals surface area contributed by atoms with Gasteiger partial charge < -0.3 is 15.3 Å². The van der Waals surface area contributed by atoms with E-state index in [4.69, 9.17) is 0 Å². The van der Waals surface area contributed by atoms with E-state index in [1.54, 1.807) is 0 Å². The van der Waals surface area contributed by atoms with Gasteiger partial charge in [0.1, 0.15) is 6.04 Å². The average molecular weight is 399 g/mol. The SMILES string of the molecule is CCCCCCCCC#Cc1ccc2c(c1)N(C)[C@@H](C(C)C)C(=O)N[C@H](CO)C2. The fourth-order valence-corrected chi connectivity index (χ4v) is 4.09. The van der Waals surface area contributed by atoms with Crippen molar-refractivity contribution >= 4 is 11.6 Å². The van der Waals surface area contributed by atoms with Crippen LogP contribution in [-0.2, 0) is 11.2 Å². The number of amides is 1. The lowest BCUT2D eigenvalue weighted by atomic mass is 9.94. The Balaban J connectivity index is 2.13. The Hall–Kier alpha value is -1.99. The van der Waals surface area contributed by atoms with E-state index in [0.29, 0.717) is 6.42 Å². The van der Waals surface area contributed by atoms with Gasteiger partial charge >= 0.3 is 0 Å². The van der Waals surface area contributed by atoms with Crippen LogP contribution in [-0.4, -0.2) is 36.8 Å². The molecule has 0 aliphatic carbocycles. The van der Waals surface area contributed by atoms with Crippen LogP contribution in [0.2, 0.25) is 0 Å². The number of aliphatic hydroxyl groups is 1. The van der Waals surface area contributed by atoms with Gasteiger partial charge in [0, 0.05) is 24.7 Å². The molecule has 1 aliphatic heterocycles. The molecule has 1 heterocycles. The third-order valence-corrected chi connectivity index (χ3v) is 5.70. The van der Waals surface area contributed by atoms with Crippen LogP contribution in [0.4, 0.5) is 5.69 Å². The number of rotatable bonds is 8. The Morgan fingerprint density at radius 2 is 1.93 bits per heavy atom. The summed E-state index contributed by atoms with van der Waals surface area (Å²) in [6.45, 7) is 6.30. The molecule has 0 aromatic heterocycles. The molecule has 1 amide bonds. The summed E-state index contributed by atoms with van der Waals surface area (Å²) in [5.74, 6) is 6.76. The molecular formula is C25H38N2O2. The van der Waals surface area contributed by atoms with E-state index in [2.05, 4.69) is 61.0 Å². The molecule has 0 saturated heterocycles. The molecule has 0 fully saturated rings. The highest BCUT2D eigenvalue weighted by Gasteiger charge is 2.32. The largest absolute Gasteiger partial charge is 0.394 e. The minimum absolute atomic E-state index is 0.0215. The molecule has 0 bridgehead atoms. The summed E-state index contributed by atoms with van der Waals surface area (Å²) in [5.41, 5.74) is 3.17. The van der Waals surface area contributed by atoms with Crippen molar-refractivity contribution in [2.75, 3.05) is 18.6 Å². The van der Waals surface area contributed by atoms with Crippen LogP contribution in [0.1, 0.15) is 76.8 Å². The highest BCUT2D eigenvalue weighted by Crippen LogP contribution is 2.28. The predicted octanol–water partition coefficient (Wildman–Crippen LogP) is 4.28. The number of unbranched alkanes of at least 4 members (excludes halogenated alkanes) is 6. The van der Waals surface area contributed by atoms with Gasteiger partial charge in [0.05, 0.1) is 12.6 Å². The topological polar surface area (TPSA) is 52.6 Å². The maximum atomic E-state index is 12.7. The van der Waals surface area contributed by atoms with Crippen molar-refractivity contribution in [1.82, 2.24) is 5.32 Å². The molecule has 0 saturated carbocycles. The van der Waals surface area contributed by atoms with E-state index in [9.17, 15) is 9.90 Å². The van der Waals surface area contributed by atoms with Gasteiger partial charge in [0.15, 0.2) is 0 Å². The van der Waals surface area contributed by atoms with Gasteiger partial charge in [-0.25, -0.2) is 0 Å². The van der Waals surface area contributed by atoms with Crippen molar-refractivity contribution in [3.8, 4) is 11.8 Å². The van der Waals surface area contributed by atoms with Crippen molar-refractivity contribution in [1.29, 1.82) is 0 Å². The monoisotopic (exact) mass is 398 g/mol. The lowest BCUT2D eigenvalue weighted by Gasteiger charge is -2.37. The first kappa shape index (κ1) is 23.3. The zero-order valence-electron chi connectivity index (χ0n) is 18.6. The Kier molecular flexibility index (Phi) is 9.54. The van der Waals surface area contributed by atoms with E-state index < -0.39 is 0 Å². The maximum absolute atomic E-state index is 12.7. The van der Waals surface area contributed by atoms with E-state index in [1.165, 1.54) is 32.1 Å². The van der Waals surface area contributed by atoms with Crippen LogP contribution in [0.5, 0.6) is 0 Å². The van der Waals surface area contributed by atoms with Crippen LogP contribution in [0, 0.1) is 17.8 Å². The first-order valence-corrected chi connectivity index (χ1v) is 11.2. The highest BCUT2D eigenvalue weighted by atomic mass is 16.3. The Labute approximate surface area is 177 Å². The molecule has 0 radical (unpaired) electrons. The zero-order chi connectivity index (χ0) is 21.2. The molecule has 4 heteroatoms. The summed E-state index contributed by atoms with van der Waals surface area (Å²) in [6, 6.07) is 5.74. The van der Waals surface area contributed by atoms with Gasteiger partial charge in [0.25, 0.3) is 0 Å². The van der Waals surface area contributed by atoms with Crippen LogP contribution >= 0.6 is 0 Å². The summed E-state index contributed by atoms with van der Waals surface area (Å²) in [4.78, 5) is 14.8. The van der Waals surface area contributed by atoms with Gasteiger partial charge in [0.2, 0.25) is 5.91 Å². The number of aliphatic hydroxyl groups excluding tert-OH is 1. The van der Waals surface area contributed by atoms with Crippen molar-refractivity contribution in [3.05, 3.63) is 29.3 Å². The predicted molar refractivity (Wildman–Crippen MR) is 121 cm³/mol. The average Bonchev–Trinajstić information content (AvgIpc) is 2.69. The number of likely N-dealkylation sites (N-methyl/N-ethyl adjacent to an activating group) is 1. The Morgan fingerprint density at radius 1 is 1.21 bits per heavy atom. The maximum Gasteiger partial charge on any atom is 0.243 e. The van der Waals surface area contributed by atoms with Crippen LogP contribution in [0.25, 0.3) is 0 Å². The second kappa shape index (κ2) is 11.9. The molecular weight excluding hydrogens is 360 g/mol. The molecule has 2 N–H and O–H groups in total. The summed E-state index contributed by atoms with van der Waals surface area (Å²) >= 11 is 0. The molecule has 29 heavy (non-hydrogen) atoms. The van der Waals surface area contributed by atoms with Gasteiger partial charge in [-0.1, -0.05) is 70.8 Å². The molecule has 1 aliphatic rings. The fraction of sp³-hybridized carbons (Fsp3) is 0.640. The van der Waals surface area contributed by atoms with Gasteiger partial charge in [-0.2, -0.15) is 0 Å². The molecule has 2 rings (SSSR count). The number of nitrogens with zero attached hydrogens (tertiary/aromatic N) is 1. The van der Waals surface area contributed by atoms with Gasteiger partial charge in [-0.3, -0.25) is 4.79 Å². The summed E-state index contributed by atoms with van der Waals surface area (Å²) < 4.78 is 0.